The number of benzene rings is 2. The van der Waals surface area contributed by atoms with Crippen LogP contribution in [0.25, 0.3) is 16.6 Å². The lowest BCUT2D eigenvalue weighted by molar-refractivity contribution is -0.119. The molecule has 0 radical (unpaired) electrons. The van der Waals surface area contributed by atoms with E-state index in [0.29, 0.717) is 16.1 Å². The molecule has 1 amide bonds. The maximum absolute atomic E-state index is 13.2. The van der Waals surface area contributed by atoms with Crippen molar-refractivity contribution in [1.82, 2.24) is 14.9 Å². The van der Waals surface area contributed by atoms with E-state index in [1.807, 2.05) is 64.1 Å². The Balaban J connectivity index is 2.05. The van der Waals surface area contributed by atoms with Crippen LogP contribution >= 0.6 is 11.8 Å². The Morgan fingerprint density at radius 2 is 1.93 bits per heavy atom. The molecule has 1 heterocycles. The molecule has 146 valence electrons. The van der Waals surface area contributed by atoms with Gasteiger partial charge in [-0.3, -0.25) is 14.2 Å². The fraction of sp³-hybridized carbons (Fsp3) is 0.318. The first-order chi connectivity index (χ1) is 13.4. The molecule has 0 aliphatic heterocycles. The van der Waals surface area contributed by atoms with Crippen LogP contribution in [-0.2, 0) is 4.79 Å². The number of carbonyl (C=O) groups excluding carboxylic acids is 1. The van der Waals surface area contributed by atoms with Gasteiger partial charge in [-0.2, -0.15) is 0 Å². The van der Waals surface area contributed by atoms with Crippen LogP contribution in [0.15, 0.2) is 52.4 Å². The Hall–Kier alpha value is -2.60. The van der Waals surface area contributed by atoms with Gasteiger partial charge < -0.3 is 5.32 Å². The molecular formula is C22H25N3O2S. The molecule has 3 aromatic rings. The van der Waals surface area contributed by atoms with Crippen LogP contribution in [0.5, 0.6) is 0 Å². The second kappa shape index (κ2) is 8.61. The summed E-state index contributed by atoms with van der Waals surface area (Å²) in [4.78, 5) is 30.1. The average Bonchev–Trinajstić information content (AvgIpc) is 2.68. The van der Waals surface area contributed by atoms with Gasteiger partial charge in [-0.15, -0.1) is 0 Å². The van der Waals surface area contributed by atoms with Gasteiger partial charge in [-0.05, 0) is 62.6 Å². The fourth-order valence-corrected chi connectivity index (χ4v) is 3.67. The predicted molar refractivity (Wildman–Crippen MR) is 115 cm³/mol. The molecule has 5 nitrogen and oxygen atoms in total. The molecule has 0 aliphatic rings. The maximum atomic E-state index is 13.2. The molecule has 6 heteroatoms. The molecule has 1 atom stereocenters. The molecule has 3 rings (SSSR count). The SMILES string of the molecule is CCC(C)NC(=O)CSc1nc2ccccc2c(=O)n1-c1ccc(C)c(C)c1. The number of fused-ring (bicyclic) bond motifs is 1. The van der Waals surface area contributed by atoms with Crippen LogP contribution in [0.4, 0.5) is 0 Å². The number of thioether (sulfide) groups is 1. The van der Waals surface area contributed by atoms with E-state index in [2.05, 4.69) is 10.3 Å². The maximum Gasteiger partial charge on any atom is 0.266 e. The third kappa shape index (κ3) is 4.28. The van der Waals surface area contributed by atoms with Gasteiger partial charge in [0.2, 0.25) is 5.91 Å². The molecule has 2 aromatic carbocycles. The van der Waals surface area contributed by atoms with Gasteiger partial charge in [0.1, 0.15) is 0 Å². The highest BCUT2D eigenvalue weighted by atomic mass is 32.2. The lowest BCUT2D eigenvalue weighted by atomic mass is 10.1. The second-order valence-electron chi connectivity index (χ2n) is 6.99. The molecule has 0 spiro atoms. The highest BCUT2D eigenvalue weighted by Crippen LogP contribution is 2.22. The van der Waals surface area contributed by atoms with Gasteiger partial charge in [0.15, 0.2) is 5.16 Å². The number of carbonyl (C=O) groups is 1. The lowest BCUT2D eigenvalue weighted by Crippen LogP contribution is -2.33. The van der Waals surface area contributed by atoms with Crippen molar-refractivity contribution in [3.05, 3.63) is 63.9 Å². The van der Waals surface area contributed by atoms with E-state index in [0.717, 1.165) is 23.2 Å². The summed E-state index contributed by atoms with van der Waals surface area (Å²) < 4.78 is 1.61. The standard InChI is InChI=1S/C22H25N3O2S/c1-5-16(4)23-20(26)13-28-22-24-19-9-7-6-8-18(19)21(27)25(22)17-11-10-14(2)15(3)12-17/h6-12,16H,5,13H2,1-4H3,(H,23,26). The van der Waals surface area contributed by atoms with Crippen LogP contribution in [0.2, 0.25) is 0 Å². The van der Waals surface area contributed by atoms with E-state index in [4.69, 9.17) is 0 Å². The van der Waals surface area contributed by atoms with Gasteiger partial charge in [0.05, 0.1) is 22.3 Å². The van der Waals surface area contributed by atoms with E-state index in [1.54, 1.807) is 10.6 Å². The number of hydrogen-bond donors (Lipinski definition) is 1. The average molecular weight is 396 g/mol. The summed E-state index contributed by atoms with van der Waals surface area (Å²) in [5, 5.41) is 4.04. The zero-order valence-corrected chi connectivity index (χ0v) is 17.5. The number of nitrogens with zero attached hydrogens (tertiary/aromatic N) is 2. The number of para-hydroxylation sites is 1. The molecule has 0 saturated carbocycles. The molecule has 0 fully saturated rings. The number of aryl methyl sites for hydroxylation is 2. The zero-order valence-electron chi connectivity index (χ0n) is 16.7. The summed E-state index contributed by atoms with van der Waals surface area (Å²) in [5.74, 6) is 0.147. The summed E-state index contributed by atoms with van der Waals surface area (Å²) in [6.45, 7) is 8.06. The highest BCUT2D eigenvalue weighted by molar-refractivity contribution is 7.99. The molecule has 1 aromatic heterocycles. The summed E-state index contributed by atoms with van der Waals surface area (Å²) in [6, 6.07) is 13.3. The van der Waals surface area contributed by atoms with E-state index in [-0.39, 0.29) is 23.3 Å². The Bertz CT molecular complexity index is 1080. The summed E-state index contributed by atoms with van der Waals surface area (Å²) in [7, 11) is 0. The van der Waals surface area contributed by atoms with E-state index in [9.17, 15) is 9.59 Å². The Labute approximate surface area is 169 Å². The van der Waals surface area contributed by atoms with E-state index >= 15 is 0 Å². The number of hydrogen-bond acceptors (Lipinski definition) is 4. The van der Waals surface area contributed by atoms with Crippen molar-refractivity contribution >= 4 is 28.6 Å². The molecule has 1 N–H and O–H groups in total. The summed E-state index contributed by atoms with van der Waals surface area (Å²) in [6.07, 6.45) is 0.873. The van der Waals surface area contributed by atoms with Crippen molar-refractivity contribution < 1.29 is 4.79 Å². The van der Waals surface area contributed by atoms with Gasteiger partial charge in [-0.1, -0.05) is 36.9 Å². The Kier molecular flexibility index (Phi) is 6.19. The minimum absolute atomic E-state index is 0.0617. The van der Waals surface area contributed by atoms with E-state index < -0.39 is 0 Å². The van der Waals surface area contributed by atoms with Gasteiger partial charge >= 0.3 is 0 Å². The van der Waals surface area contributed by atoms with Crippen molar-refractivity contribution in [2.75, 3.05) is 5.75 Å². The number of rotatable bonds is 6. The van der Waals surface area contributed by atoms with E-state index in [1.165, 1.54) is 11.8 Å². The van der Waals surface area contributed by atoms with Gasteiger partial charge in [0, 0.05) is 6.04 Å². The predicted octanol–water partition coefficient (Wildman–Crippen LogP) is 4.01. The third-order valence-corrected chi connectivity index (χ3v) is 5.78. The largest absolute Gasteiger partial charge is 0.353 e. The van der Waals surface area contributed by atoms with Crippen LogP contribution in [-0.4, -0.2) is 27.3 Å². The van der Waals surface area contributed by atoms with Crippen molar-refractivity contribution in [3.8, 4) is 5.69 Å². The van der Waals surface area contributed by atoms with Crippen LogP contribution < -0.4 is 10.9 Å². The highest BCUT2D eigenvalue weighted by Gasteiger charge is 2.15. The van der Waals surface area contributed by atoms with Crippen molar-refractivity contribution in [2.24, 2.45) is 0 Å². The number of aromatic nitrogens is 2. The van der Waals surface area contributed by atoms with Crippen molar-refractivity contribution in [1.29, 1.82) is 0 Å². The van der Waals surface area contributed by atoms with Gasteiger partial charge in [0.25, 0.3) is 5.56 Å². The molecule has 0 aliphatic carbocycles. The minimum atomic E-state index is -0.126. The molecule has 0 bridgehead atoms. The number of nitrogens with one attached hydrogen (secondary N) is 1. The summed E-state index contributed by atoms with van der Waals surface area (Å²) in [5.41, 5.74) is 3.53. The molecule has 28 heavy (non-hydrogen) atoms. The number of amides is 1. The molecule has 1 unspecified atom stereocenters. The summed E-state index contributed by atoms with van der Waals surface area (Å²) >= 11 is 1.28. The Morgan fingerprint density at radius 1 is 1.18 bits per heavy atom. The molecular weight excluding hydrogens is 370 g/mol. The molecule has 0 saturated heterocycles. The topological polar surface area (TPSA) is 64.0 Å². The van der Waals surface area contributed by atoms with Crippen LogP contribution in [0.1, 0.15) is 31.4 Å². The fourth-order valence-electron chi connectivity index (χ4n) is 2.85. The van der Waals surface area contributed by atoms with Crippen molar-refractivity contribution in [2.45, 2.75) is 45.3 Å². The first-order valence-electron chi connectivity index (χ1n) is 9.42. The first-order valence-corrected chi connectivity index (χ1v) is 10.4. The van der Waals surface area contributed by atoms with Crippen LogP contribution in [0.3, 0.4) is 0 Å². The lowest BCUT2D eigenvalue weighted by Gasteiger charge is -2.15. The quantitative estimate of drug-likeness (QED) is 0.506. The minimum Gasteiger partial charge on any atom is -0.353 e. The second-order valence-corrected chi connectivity index (χ2v) is 7.93. The zero-order chi connectivity index (χ0) is 20.3. The van der Waals surface area contributed by atoms with Crippen LogP contribution in [0, 0.1) is 13.8 Å². The van der Waals surface area contributed by atoms with Crippen molar-refractivity contribution in [3.63, 3.8) is 0 Å². The van der Waals surface area contributed by atoms with Gasteiger partial charge in [-0.25, -0.2) is 4.98 Å². The normalized spacial score (nSPS) is 12.1. The monoisotopic (exact) mass is 395 g/mol. The third-order valence-electron chi connectivity index (χ3n) is 4.85. The smallest absolute Gasteiger partial charge is 0.266 e. The Morgan fingerprint density at radius 3 is 2.64 bits per heavy atom. The first kappa shape index (κ1) is 20.1.